The second-order valence-corrected chi connectivity index (χ2v) is 9.13. The van der Waals surface area contributed by atoms with Crippen molar-refractivity contribution < 1.29 is 9.53 Å². The van der Waals surface area contributed by atoms with Gasteiger partial charge in [0.2, 0.25) is 5.91 Å². The Labute approximate surface area is 191 Å². The average molecular weight is 441 g/mol. The number of carbonyl (C=O) groups is 1. The number of hydrogen-bond donors (Lipinski definition) is 0. The summed E-state index contributed by atoms with van der Waals surface area (Å²) in [6.07, 6.45) is 6.57. The summed E-state index contributed by atoms with van der Waals surface area (Å²) in [7, 11) is 1.71. The minimum absolute atomic E-state index is 0.0669. The molecule has 0 spiro atoms. The molecule has 1 aromatic heterocycles. The highest BCUT2D eigenvalue weighted by Crippen LogP contribution is 2.23. The number of aromatic nitrogens is 3. The number of methoxy groups -OCH3 is 1. The first kappa shape index (κ1) is 22.6. The minimum atomic E-state index is -0.0669. The van der Waals surface area contributed by atoms with Crippen molar-refractivity contribution in [1.29, 1.82) is 0 Å². The number of carbonyl (C=O) groups excluding carboxylic acids is 1. The fourth-order valence-corrected chi connectivity index (χ4v) is 4.90. The van der Waals surface area contributed by atoms with Crippen LogP contribution < -0.4 is 9.64 Å². The van der Waals surface area contributed by atoms with E-state index in [-0.39, 0.29) is 11.8 Å². The summed E-state index contributed by atoms with van der Waals surface area (Å²) in [5, 5.41) is 4.12. The number of likely N-dealkylation sites (tertiary alicyclic amines) is 1. The third-order valence-electron chi connectivity index (χ3n) is 6.82. The van der Waals surface area contributed by atoms with Gasteiger partial charge in [-0.05, 0) is 56.0 Å². The van der Waals surface area contributed by atoms with E-state index in [9.17, 15) is 4.79 Å². The van der Waals surface area contributed by atoms with Crippen LogP contribution >= 0.6 is 0 Å². The molecule has 3 heterocycles. The SMILES string of the molecule is COc1ccc(N2CCCN(CC3CCN(C(=O)C(C)Cn4cncn4)CC3)CC2)cc1. The number of nitrogens with zero attached hydrogens (tertiary/aromatic N) is 6. The Kier molecular flexibility index (Phi) is 7.63. The number of benzene rings is 1. The number of ether oxygens (including phenoxy) is 1. The van der Waals surface area contributed by atoms with Crippen LogP contribution in [0.2, 0.25) is 0 Å². The normalized spacial score (nSPS) is 19.6. The summed E-state index contributed by atoms with van der Waals surface area (Å²) in [5.41, 5.74) is 1.28. The van der Waals surface area contributed by atoms with Crippen LogP contribution in [0.4, 0.5) is 5.69 Å². The van der Waals surface area contributed by atoms with E-state index in [0.717, 1.165) is 64.4 Å². The maximum Gasteiger partial charge on any atom is 0.227 e. The Morgan fingerprint density at radius 1 is 1.09 bits per heavy atom. The van der Waals surface area contributed by atoms with Crippen molar-refractivity contribution in [3.8, 4) is 5.75 Å². The second kappa shape index (κ2) is 10.8. The summed E-state index contributed by atoms with van der Waals surface area (Å²) in [6, 6.07) is 8.40. The molecule has 0 bridgehead atoms. The number of anilines is 1. The Balaban J connectivity index is 1.20. The monoisotopic (exact) mass is 440 g/mol. The molecule has 2 saturated heterocycles. The highest BCUT2D eigenvalue weighted by atomic mass is 16.5. The Morgan fingerprint density at radius 2 is 1.88 bits per heavy atom. The smallest absolute Gasteiger partial charge is 0.227 e. The summed E-state index contributed by atoms with van der Waals surface area (Å²) >= 11 is 0. The van der Waals surface area contributed by atoms with Crippen LogP contribution in [0, 0.1) is 11.8 Å². The maximum atomic E-state index is 12.8. The van der Waals surface area contributed by atoms with Gasteiger partial charge in [0.1, 0.15) is 18.4 Å². The van der Waals surface area contributed by atoms with Crippen molar-refractivity contribution in [3.05, 3.63) is 36.9 Å². The summed E-state index contributed by atoms with van der Waals surface area (Å²) in [5.74, 6) is 1.76. The van der Waals surface area contributed by atoms with Gasteiger partial charge in [-0.25, -0.2) is 4.98 Å². The highest BCUT2D eigenvalue weighted by molar-refractivity contribution is 5.78. The Bertz CT molecular complexity index is 833. The predicted molar refractivity (Wildman–Crippen MR) is 125 cm³/mol. The van der Waals surface area contributed by atoms with E-state index >= 15 is 0 Å². The molecule has 2 fully saturated rings. The lowest BCUT2D eigenvalue weighted by molar-refractivity contribution is -0.137. The first-order chi connectivity index (χ1) is 15.6. The highest BCUT2D eigenvalue weighted by Gasteiger charge is 2.27. The van der Waals surface area contributed by atoms with Crippen molar-refractivity contribution >= 4 is 11.6 Å². The summed E-state index contributed by atoms with van der Waals surface area (Å²) in [6.45, 7) is 9.88. The quantitative estimate of drug-likeness (QED) is 0.659. The van der Waals surface area contributed by atoms with Gasteiger partial charge in [-0.15, -0.1) is 0 Å². The average Bonchev–Trinajstić information content (AvgIpc) is 3.23. The van der Waals surface area contributed by atoms with Gasteiger partial charge in [0, 0.05) is 45.0 Å². The molecule has 0 aliphatic carbocycles. The molecule has 0 N–H and O–H groups in total. The fourth-order valence-electron chi connectivity index (χ4n) is 4.90. The standard InChI is InChI=1S/C24H36N6O2/c1-20(16-30-19-25-18-26-30)24(31)29-12-8-21(9-13-29)17-27-10-3-11-28(15-14-27)22-4-6-23(32-2)7-5-22/h4-7,18-21H,3,8-17H2,1-2H3. The zero-order chi connectivity index (χ0) is 22.3. The molecule has 4 rings (SSSR count). The lowest BCUT2D eigenvalue weighted by Crippen LogP contribution is -2.44. The van der Waals surface area contributed by atoms with Crippen LogP contribution in [-0.2, 0) is 11.3 Å². The zero-order valence-electron chi connectivity index (χ0n) is 19.4. The van der Waals surface area contributed by atoms with Gasteiger partial charge >= 0.3 is 0 Å². The van der Waals surface area contributed by atoms with Gasteiger partial charge in [0.25, 0.3) is 0 Å². The fraction of sp³-hybridized carbons (Fsp3) is 0.625. The minimum Gasteiger partial charge on any atom is -0.497 e. The Morgan fingerprint density at radius 3 is 2.56 bits per heavy atom. The molecular weight excluding hydrogens is 404 g/mol. The first-order valence-electron chi connectivity index (χ1n) is 11.8. The number of piperidine rings is 1. The largest absolute Gasteiger partial charge is 0.497 e. The molecule has 2 aromatic rings. The van der Waals surface area contributed by atoms with E-state index in [1.807, 2.05) is 24.0 Å². The van der Waals surface area contributed by atoms with Gasteiger partial charge in [0.05, 0.1) is 19.6 Å². The van der Waals surface area contributed by atoms with Crippen LogP contribution in [0.3, 0.4) is 0 Å². The van der Waals surface area contributed by atoms with Crippen LogP contribution in [0.1, 0.15) is 26.2 Å². The number of rotatable bonds is 7. The van der Waals surface area contributed by atoms with E-state index in [0.29, 0.717) is 12.5 Å². The van der Waals surface area contributed by atoms with Crippen molar-refractivity contribution in [2.45, 2.75) is 32.7 Å². The van der Waals surface area contributed by atoms with Gasteiger partial charge in [0.15, 0.2) is 0 Å². The molecule has 2 aliphatic heterocycles. The topological polar surface area (TPSA) is 66.7 Å². The number of amides is 1. The van der Waals surface area contributed by atoms with Crippen LogP contribution in [0.5, 0.6) is 5.75 Å². The Hall–Kier alpha value is -2.61. The van der Waals surface area contributed by atoms with Crippen molar-refractivity contribution in [3.63, 3.8) is 0 Å². The van der Waals surface area contributed by atoms with E-state index in [1.165, 1.54) is 18.4 Å². The molecule has 8 heteroatoms. The van der Waals surface area contributed by atoms with E-state index < -0.39 is 0 Å². The van der Waals surface area contributed by atoms with Gasteiger partial charge < -0.3 is 19.4 Å². The van der Waals surface area contributed by atoms with Gasteiger partial charge in [-0.2, -0.15) is 5.10 Å². The van der Waals surface area contributed by atoms with E-state index in [4.69, 9.17) is 4.74 Å². The van der Waals surface area contributed by atoms with Crippen LogP contribution in [0.15, 0.2) is 36.9 Å². The summed E-state index contributed by atoms with van der Waals surface area (Å²) in [4.78, 5) is 23.9. The maximum absolute atomic E-state index is 12.8. The third kappa shape index (κ3) is 5.79. The molecule has 2 aliphatic rings. The van der Waals surface area contributed by atoms with Crippen molar-refractivity contribution in [1.82, 2.24) is 24.6 Å². The predicted octanol–water partition coefficient (Wildman–Crippen LogP) is 2.37. The molecule has 1 atom stereocenters. The van der Waals surface area contributed by atoms with Gasteiger partial charge in [-0.1, -0.05) is 6.92 Å². The molecule has 1 aromatic carbocycles. The molecule has 8 nitrogen and oxygen atoms in total. The molecule has 0 radical (unpaired) electrons. The molecule has 0 saturated carbocycles. The van der Waals surface area contributed by atoms with E-state index in [2.05, 4.69) is 32.0 Å². The second-order valence-electron chi connectivity index (χ2n) is 9.13. The lowest BCUT2D eigenvalue weighted by atomic mass is 9.95. The van der Waals surface area contributed by atoms with E-state index in [1.54, 1.807) is 18.1 Å². The first-order valence-corrected chi connectivity index (χ1v) is 11.8. The molecule has 1 amide bonds. The molecule has 174 valence electrons. The van der Waals surface area contributed by atoms with Gasteiger partial charge in [-0.3, -0.25) is 9.48 Å². The summed E-state index contributed by atoms with van der Waals surface area (Å²) < 4.78 is 7.02. The molecule has 1 unspecified atom stereocenters. The van der Waals surface area contributed by atoms with Crippen LogP contribution in [-0.4, -0.2) is 83.4 Å². The zero-order valence-corrected chi connectivity index (χ0v) is 19.4. The molecule has 32 heavy (non-hydrogen) atoms. The lowest BCUT2D eigenvalue weighted by Gasteiger charge is -2.35. The third-order valence-corrected chi connectivity index (χ3v) is 6.82. The molecular formula is C24H36N6O2. The van der Waals surface area contributed by atoms with Crippen molar-refractivity contribution in [2.24, 2.45) is 11.8 Å². The van der Waals surface area contributed by atoms with Crippen molar-refractivity contribution in [2.75, 3.05) is 57.8 Å². The van der Waals surface area contributed by atoms with Crippen LogP contribution in [0.25, 0.3) is 0 Å². The number of hydrogen-bond acceptors (Lipinski definition) is 6.